The highest BCUT2D eigenvalue weighted by Gasteiger charge is 2.14. The molecule has 7 heteroatoms. The SMILES string of the molecule is Clc1cc(Cl)c(Cl)c(Oc2ccc(Cl)c(Cl)c2Cl)c1. The molecule has 0 saturated heterocycles. The lowest BCUT2D eigenvalue weighted by atomic mass is 10.3. The zero-order valence-electron chi connectivity index (χ0n) is 8.99. The lowest BCUT2D eigenvalue weighted by molar-refractivity contribution is 0.483. The highest BCUT2D eigenvalue weighted by molar-refractivity contribution is 6.48. The maximum atomic E-state index is 6.03. The standard InChI is InChI=1S/C12H4Cl6O/c13-5-3-7(15)10(16)9(4-5)19-8-2-1-6(14)11(17)12(8)18/h1-4H. The van der Waals surface area contributed by atoms with Crippen LogP contribution >= 0.6 is 69.6 Å². The zero-order valence-corrected chi connectivity index (χ0v) is 13.5. The van der Waals surface area contributed by atoms with E-state index in [1.165, 1.54) is 12.1 Å². The van der Waals surface area contributed by atoms with Crippen LogP contribution in [0.3, 0.4) is 0 Å². The van der Waals surface area contributed by atoms with Gasteiger partial charge in [0.2, 0.25) is 0 Å². The van der Waals surface area contributed by atoms with E-state index < -0.39 is 0 Å². The third kappa shape index (κ3) is 3.36. The molecule has 100 valence electrons. The van der Waals surface area contributed by atoms with Crippen LogP contribution in [0.15, 0.2) is 24.3 Å². The molecule has 2 rings (SSSR count). The molecule has 2 aromatic rings. The number of halogens is 6. The average molecular weight is 377 g/mol. The third-order valence-corrected chi connectivity index (χ3v) is 4.46. The Hall–Kier alpha value is -0.0200. The molecule has 1 nitrogen and oxygen atoms in total. The van der Waals surface area contributed by atoms with Crippen LogP contribution in [0.2, 0.25) is 30.1 Å². The highest BCUT2D eigenvalue weighted by Crippen LogP contribution is 2.42. The summed E-state index contributed by atoms with van der Waals surface area (Å²) in [5.41, 5.74) is 0. The Kier molecular flexibility index (Phi) is 4.99. The van der Waals surface area contributed by atoms with Crippen molar-refractivity contribution in [1.29, 1.82) is 0 Å². The Labute approximate surface area is 139 Å². The van der Waals surface area contributed by atoms with E-state index in [2.05, 4.69) is 0 Å². The van der Waals surface area contributed by atoms with E-state index in [1.807, 2.05) is 0 Å². The van der Waals surface area contributed by atoms with Gasteiger partial charge in [0.15, 0.2) is 0 Å². The van der Waals surface area contributed by atoms with E-state index in [9.17, 15) is 0 Å². The summed E-state index contributed by atoms with van der Waals surface area (Å²) in [6.45, 7) is 0. The normalized spacial score (nSPS) is 10.6. The predicted octanol–water partition coefficient (Wildman–Crippen LogP) is 7.40. The van der Waals surface area contributed by atoms with E-state index >= 15 is 0 Å². The van der Waals surface area contributed by atoms with Crippen LogP contribution in [0, 0.1) is 0 Å². The summed E-state index contributed by atoms with van der Waals surface area (Å²) >= 11 is 35.6. The Morgan fingerprint density at radius 1 is 0.632 bits per heavy atom. The van der Waals surface area contributed by atoms with E-state index in [0.29, 0.717) is 15.8 Å². The maximum Gasteiger partial charge on any atom is 0.149 e. The fourth-order valence-electron chi connectivity index (χ4n) is 1.31. The van der Waals surface area contributed by atoms with Crippen molar-refractivity contribution in [1.82, 2.24) is 0 Å². The molecule has 0 spiro atoms. The molecule has 2 aromatic carbocycles. The first-order valence-corrected chi connectivity index (χ1v) is 7.13. The van der Waals surface area contributed by atoms with Gasteiger partial charge in [-0.15, -0.1) is 0 Å². The van der Waals surface area contributed by atoms with Gasteiger partial charge in [0.1, 0.15) is 21.5 Å². The van der Waals surface area contributed by atoms with Crippen molar-refractivity contribution in [2.24, 2.45) is 0 Å². The van der Waals surface area contributed by atoms with Crippen molar-refractivity contribution >= 4 is 69.6 Å². The second-order valence-corrected chi connectivity index (χ2v) is 5.86. The van der Waals surface area contributed by atoms with Crippen molar-refractivity contribution in [3.05, 3.63) is 54.4 Å². The molecule has 0 unspecified atom stereocenters. The molecule has 19 heavy (non-hydrogen) atoms. The monoisotopic (exact) mass is 374 g/mol. The average Bonchev–Trinajstić information content (AvgIpc) is 2.36. The number of hydrogen-bond acceptors (Lipinski definition) is 1. The molecule has 0 radical (unpaired) electrons. The van der Waals surface area contributed by atoms with Gasteiger partial charge in [0.25, 0.3) is 0 Å². The van der Waals surface area contributed by atoms with Gasteiger partial charge >= 0.3 is 0 Å². The molecule has 0 aliphatic heterocycles. The maximum absolute atomic E-state index is 6.03. The Morgan fingerprint density at radius 2 is 1.32 bits per heavy atom. The van der Waals surface area contributed by atoms with Gasteiger partial charge in [-0.05, 0) is 18.2 Å². The molecule has 0 N–H and O–H groups in total. The molecular weight excluding hydrogens is 373 g/mol. The van der Waals surface area contributed by atoms with Gasteiger partial charge in [-0.3, -0.25) is 0 Å². The summed E-state index contributed by atoms with van der Waals surface area (Å²) in [4.78, 5) is 0. The van der Waals surface area contributed by atoms with Crippen LogP contribution in [0.4, 0.5) is 0 Å². The lowest BCUT2D eigenvalue weighted by Crippen LogP contribution is -1.88. The smallest absolute Gasteiger partial charge is 0.149 e. The molecule has 0 fully saturated rings. The van der Waals surface area contributed by atoms with Crippen molar-refractivity contribution < 1.29 is 4.74 Å². The Balaban J connectivity index is 2.45. The van der Waals surface area contributed by atoms with Crippen molar-refractivity contribution in [3.8, 4) is 11.5 Å². The van der Waals surface area contributed by atoms with Crippen LogP contribution in [0.1, 0.15) is 0 Å². The molecule has 0 bridgehead atoms. The summed E-state index contributed by atoms with van der Waals surface area (Å²) in [6.07, 6.45) is 0. The molecule has 0 heterocycles. The first-order chi connectivity index (χ1) is 8.90. The minimum atomic E-state index is 0.182. The molecule has 0 atom stereocenters. The summed E-state index contributed by atoms with van der Waals surface area (Å²) in [6, 6.07) is 6.16. The fraction of sp³-hybridized carbons (Fsp3) is 0. The molecule has 0 amide bonds. The van der Waals surface area contributed by atoms with Gasteiger partial charge in [-0.25, -0.2) is 0 Å². The predicted molar refractivity (Wildman–Crippen MR) is 83.0 cm³/mol. The fourth-order valence-corrected chi connectivity index (χ4v) is 2.50. The van der Waals surface area contributed by atoms with E-state index in [1.54, 1.807) is 12.1 Å². The summed E-state index contributed by atoms with van der Waals surface area (Å²) in [5, 5.41) is 1.61. The summed E-state index contributed by atoms with van der Waals surface area (Å²) < 4.78 is 5.56. The molecule has 0 saturated carbocycles. The Morgan fingerprint density at radius 3 is 2.00 bits per heavy atom. The number of ether oxygens (including phenoxy) is 1. The van der Waals surface area contributed by atoms with E-state index in [0.717, 1.165) is 0 Å². The third-order valence-electron chi connectivity index (χ3n) is 2.18. The largest absolute Gasteiger partial charge is 0.454 e. The van der Waals surface area contributed by atoms with Crippen LogP contribution < -0.4 is 4.74 Å². The van der Waals surface area contributed by atoms with Gasteiger partial charge in [0.05, 0.1) is 15.1 Å². The quantitative estimate of drug-likeness (QED) is 0.392. The van der Waals surface area contributed by atoms with E-state index in [-0.39, 0.29) is 25.8 Å². The van der Waals surface area contributed by atoms with Crippen molar-refractivity contribution in [2.75, 3.05) is 0 Å². The van der Waals surface area contributed by atoms with Gasteiger partial charge < -0.3 is 4.74 Å². The van der Waals surface area contributed by atoms with Crippen LogP contribution in [-0.4, -0.2) is 0 Å². The summed E-state index contributed by atoms with van der Waals surface area (Å²) in [7, 11) is 0. The van der Waals surface area contributed by atoms with Crippen LogP contribution in [-0.2, 0) is 0 Å². The van der Waals surface area contributed by atoms with Crippen molar-refractivity contribution in [3.63, 3.8) is 0 Å². The molecular formula is C12H4Cl6O. The van der Waals surface area contributed by atoms with Crippen LogP contribution in [0.25, 0.3) is 0 Å². The van der Waals surface area contributed by atoms with Gasteiger partial charge in [0, 0.05) is 11.1 Å². The van der Waals surface area contributed by atoms with Crippen molar-refractivity contribution in [2.45, 2.75) is 0 Å². The first kappa shape index (κ1) is 15.4. The molecule has 0 aliphatic rings. The second kappa shape index (κ2) is 6.17. The summed E-state index contributed by atoms with van der Waals surface area (Å²) in [5.74, 6) is 0.579. The van der Waals surface area contributed by atoms with Crippen LogP contribution in [0.5, 0.6) is 11.5 Å². The minimum absolute atomic E-state index is 0.182. The van der Waals surface area contributed by atoms with Gasteiger partial charge in [-0.1, -0.05) is 69.6 Å². The molecule has 0 aromatic heterocycles. The number of benzene rings is 2. The number of rotatable bonds is 2. The molecule has 0 aliphatic carbocycles. The second-order valence-electron chi connectivity index (χ2n) is 3.48. The number of hydrogen-bond donors (Lipinski definition) is 0. The lowest BCUT2D eigenvalue weighted by Gasteiger charge is -2.11. The highest BCUT2D eigenvalue weighted by atomic mass is 35.5. The topological polar surface area (TPSA) is 9.23 Å². The first-order valence-electron chi connectivity index (χ1n) is 4.86. The van der Waals surface area contributed by atoms with E-state index in [4.69, 9.17) is 74.3 Å². The zero-order chi connectivity index (χ0) is 14.2. The minimum Gasteiger partial charge on any atom is -0.454 e. The van der Waals surface area contributed by atoms with Gasteiger partial charge in [-0.2, -0.15) is 0 Å². The Bertz CT molecular complexity index is 641.